The van der Waals surface area contributed by atoms with Crippen LogP contribution in [-0.2, 0) is 12.8 Å². The van der Waals surface area contributed by atoms with E-state index in [1.165, 1.54) is 33.8 Å². The number of para-hydroxylation sites is 2. The Morgan fingerprint density at radius 1 is 0.636 bits per heavy atom. The Bertz CT molecular complexity index is 755. The van der Waals surface area contributed by atoms with Crippen molar-refractivity contribution in [2.45, 2.75) is 19.8 Å². The number of anilines is 3. The number of aryl methyl sites for hydroxylation is 3. The van der Waals surface area contributed by atoms with Gasteiger partial charge in [-0.25, -0.2) is 0 Å². The third-order valence-electron chi connectivity index (χ3n) is 4.42. The van der Waals surface area contributed by atoms with Crippen LogP contribution in [0.5, 0.6) is 0 Å². The van der Waals surface area contributed by atoms with E-state index in [-0.39, 0.29) is 0 Å². The second kappa shape index (κ2) is 5.34. The van der Waals surface area contributed by atoms with Crippen LogP contribution in [0.25, 0.3) is 0 Å². The fourth-order valence-corrected chi connectivity index (χ4v) is 3.25. The SMILES string of the molecule is Cc1ccc(N2c3ccccc3CCc3ccccc32)cc1. The maximum Gasteiger partial charge on any atom is 0.0493 e. The fourth-order valence-electron chi connectivity index (χ4n) is 3.25. The fraction of sp³-hybridized carbons (Fsp3) is 0.143. The van der Waals surface area contributed by atoms with Gasteiger partial charge in [0, 0.05) is 17.1 Å². The molecule has 0 aromatic heterocycles. The molecule has 0 aliphatic carbocycles. The van der Waals surface area contributed by atoms with Crippen molar-refractivity contribution < 1.29 is 0 Å². The lowest BCUT2D eigenvalue weighted by Gasteiger charge is -2.27. The predicted molar refractivity (Wildman–Crippen MR) is 93.3 cm³/mol. The molecule has 1 aliphatic heterocycles. The maximum absolute atomic E-state index is 2.40. The minimum Gasteiger partial charge on any atom is -0.310 e. The summed E-state index contributed by atoms with van der Waals surface area (Å²) in [4.78, 5) is 2.40. The van der Waals surface area contributed by atoms with Gasteiger partial charge in [0.2, 0.25) is 0 Å². The van der Waals surface area contributed by atoms with Gasteiger partial charge in [-0.1, -0.05) is 54.1 Å². The molecule has 1 aliphatic rings. The van der Waals surface area contributed by atoms with Crippen molar-refractivity contribution >= 4 is 17.1 Å². The van der Waals surface area contributed by atoms with Gasteiger partial charge in [0.1, 0.15) is 0 Å². The summed E-state index contributed by atoms with van der Waals surface area (Å²) in [5.41, 5.74) is 7.96. The largest absolute Gasteiger partial charge is 0.310 e. The normalized spacial score (nSPS) is 13.2. The summed E-state index contributed by atoms with van der Waals surface area (Å²) < 4.78 is 0. The van der Waals surface area contributed by atoms with Gasteiger partial charge < -0.3 is 4.90 Å². The summed E-state index contributed by atoms with van der Waals surface area (Å²) in [6.45, 7) is 2.13. The molecule has 3 aromatic carbocycles. The third-order valence-corrected chi connectivity index (χ3v) is 4.42. The summed E-state index contributed by atoms with van der Waals surface area (Å²) in [5.74, 6) is 0. The number of hydrogen-bond donors (Lipinski definition) is 0. The first kappa shape index (κ1) is 13.1. The van der Waals surface area contributed by atoms with Crippen molar-refractivity contribution in [1.29, 1.82) is 0 Å². The molecule has 1 heteroatoms. The molecule has 0 saturated carbocycles. The molecule has 0 N–H and O–H groups in total. The molecule has 1 heterocycles. The van der Waals surface area contributed by atoms with Crippen molar-refractivity contribution in [3.05, 3.63) is 89.5 Å². The van der Waals surface area contributed by atoms with Gasteiger partial charge in [-0.05, 0) is 55.2 Å². The average molecular weight is 285 g/mol. The lowest BCUT2D eigenvalue weighted by atomic mass is 10.0. The topological polar surface area (TPSA) is 3.24 Å². The maximum atomic E-state index is 2.40. The molecule has 108 valence electrons. The Hall–Kier alpha value is -2.54. The van der Waals surface area contributed by atoms with Crippen LogP contribution in [0.1, 0.15) is 16.7 Å². The van der Waals surface area contributed by atoms with Gasteiger partial charge >= 0.3 is 0 Å². The Balaban J connectivity index is 1.96. The molecule has 1 nitrogen and oxygen atoms in total. The molecule has 0 atom stereocenters. The van der Waals surface area contributed by atoms with Gasteiger partial charge in [0.15, 0.2) is 0 Å². The molecule has 0 fully saturated rings. The average Bonchev–Trinajstić information content (AvgIpc) is 2.73. The van der Waals surface area contributed by atoms with Crippen molar-refractivity contribution in [3.8, 4) is 0 Å². The van der Waals surface area contributed by atoms with Gasteiger partial charge in [0.25, 0.3) is 0 Å². The molecule has 3 aromatic rings. The van der Waals surface area contributed by atoms with Crippen LogP contribution in [0.15, 0.2) is 72.8 Å². The van der Waals surface area contributed by atoms with Crippen molar-refractivity contribution in [2.24, 2.45) is 0 Å². The molecule has 22 heavy (non-hydrogen) atoms. The van der Waals surface area contributed by atoms with Gasteiger partial charge in [-0.15, -0.1) is 0 Å². The van der Waals surface area contributed by atoms with E-state index in [1.54, 1.807) is 0 Å². The van der Waals surface area contributed by atoms with Crippen molar-refractivity contribution in [2.75, 3.05) is 4.90 Å². The standard InChI is InChI=1S/C21H19N/c1-16-10-14-19(15-11-16)22-20-8-4-2-6-17(20)12-13-18-7-3-5-9-21(18)22/h2-11,14-15H,12-13H2,1H3. The van der Waals surface area contributed by atoms with Crippen LogP contribution in [0.3, 0.4) is 0 Å². The van der Waals surface area contributed by atoms with Crippen LogP contribution in [0.2, 0.25) is 0 Å². The Morgan fingerprint density at radius 2 is 1.14 bits per heavy atom. The Kier molecular flexibility index (Phi) is 3.19. The zero-order valence-electron chi connectivity index (χ0n) is 12.8. The third kappa shape index (κ3) is 2.19. The molecule has 0 radical (unpaired) electrons. The predicted octanol–water partition coefficient (Wildman–Crippen LogP) is 5.56. The molecular formula is C21H19N. The van der Waals surface area contributed by atoms with Crippen LogP contribution < -0.4 is 4.90 Å². The van der Waals surface area contributed by atoms with Crippen LogP contribution in [0.4, 0.5) is 17.1 Å². The van der Waals surface area contributed by atoms with E-state index in [1.807, 2.05) is 0 Å². The quantitative estimate of drug-likeness (QED) is 0.565. The van der Waals surface area contributed by atoms with Crippen molar-refractivity contribution in [3.63, 3.8) is 0 Å². The number of rotatable bonds is 1. The van der Waals surface area contributed by atoms with Gasteiger partial charge in [-0.3, -0.25) is 0 Å². The number of nitrogens with zero attached hydrogens (tertiary/aromatic N) is 1. The highest BCUT2D eigenvalue weighted by atomic mass is 15.1. The molecule has 0 spiro atoms. The zero-order chi connectivity index (χ0) is 14.9. The summed E-state index contributed by atoms with van der Waals surface area (Å²) in [6, 6.07) is 26.3. The van der Waals surface area contributed by atoms with E-state index in [0.717, 1.165) is 12.8 Å². The monoisotopic (exact) mass is 285 g/mol. The van der Waals surface area contributed by atoms with E-state index in [9.17, 15) is 0 Å². The molecule has 0 saturated heterocycles. The number of hydrogen-bond acceptors (Lipinski definition) is 1. The van der Waals surface area contributed by atoms with Crippen LogP contribution in [0, 0.1) is 6.92 Å². The summed E-state index contributed by atoms with van der Waals surface area (Å²) >= 11 is 0. The van der Waals surface area contributed by atoms with Crippen LogP contribution in [-0.4, -0.2) is 0 Å². The summed E-state index contributed by atoms with van der Waals surface area (Å²) in [6.07, 6.45) is 2.19. The lowest BCUT2D eigenvalue weighted by Crippen LogP contribution is -2.11. The molecular weight excluding hydrogens is 266 g/mol. The highest BCUT2D eigenvalue weighted by molar-refractivity contribution is 5.81. The van der Waals surface area contributed by atoms with E-state index in [2.05, 4.69) is 84.6 Å². The summed E-state index contributed by atoms with van der Waals surface area (Å²) in [7, 11) is 0. The highest BCUT2D eigenvalue weighted by Gasteiger charge is 2.21. The zero-order valence-corrected chi connectivity index (χ0v) is 12.8. The smallest absolute Gasteiger partial charge is 0.0493 e. The van der Waals surface area contributed by atoms with Crippen LogP contribution >= 0.6 is 0 Å². The second-order valence-electron chi connectivity index (χ2n) is 5.93. The van der Waals surface area contributed by atoms with E-state index < -0.39 is 0 Å². The second-order valence-corrected chi connectivity index (χ2v) is 5.93. The lowest BCUT2D eigenvalue weighted by molar-refractivity contribution is 0.977. The van der Waals surface area contributed by atoms with E-state index >= 15 is 0 Å². The van der Waals surface area contributed by atoms with Crippen molar-refractivity contribution in [1.82, 2.24) is 0 Å². The Labute approximate surface area is 131 Å². The Morgan fingerprint density at radius 3 is 1.68 bits per heavy atom. The molecule has 0 unspecified atom stereocenters. The molecule has 4 rings (SSSR count). The summed E-state index contributed by atoms with van der Waals surface area (Å²) in [5, 5.41) is 0. The van der Waals surface area contributed by atoms with Gasteiger partial charge in [0.05, 0.1) is 0 Å². The first-order valence-electron chi connectivity index (χ1n) is 7.85. The number of fused-ring (bicyclic) bond motifs is 2. The van der Waals surface area contributed by atoms with E-state index in [4.69, 9.17) is 0 Å². The van der Waals surface area contributed by atoms with E-state index in [0.29, 0.717) is 0 Å². The van der Waals surface area contributed by atoms with Gasteiger partial charge in [-0.2, -0.15) is 0 Å². The highest BCUT2D eigenvalue weighted by Crippen LogP contribution is 2.41. The minimum atomic E-state index is 1.09. The first-order chi connectivity index (χ1) is 10.8. The molecule has 0 amide bonds. The molecule has 0 bridgehead atoms. The first-order valence-corrected chi connectivity index (χ1v) is 7.85. The minimum absolute atomic E-state index is 1.09. The number of benzene rings is 3.